The Morgan fingerprint density at radius 1 is 1.42 bits per heavy atom. The number of rotatable bonds is 5. The number of carboxylic acid groups (broad SMARTS) is 1. The molecule has 0 aliphatic carbocycles. The van der Waals surface area contributed by atoms with Gasteiger partial charge in [0.1, 0.15) is 15.9 Å². The molecule has 0 bridgehead atoms. The average Bonchev–Trinajstić information content (AvgIpc) is 2.65. The fourth-order valence-corrected chi connectivity index (χ4v) is 2.57. The fourth-order valence-electron chi connectivity index (χ4n) is 1.90. The Balaban J connectivity index is 2.42. The maximum atomic E-state index is 11.7. The maximum Gasteiger partial charge on any atom is 0.326 e. The van der Waals surface area contributed by atoms with E-state index in [-0.39, 0.29) is 31.7 Å². The lowest BCUT2D eigenvalue weighted by atomic mass is 10.2. The van der Waals surface area contributed by atoms with Crippen molar-refractivity contribution in [2.45, 2.75) is 25.0 Å². The van der Waals surface area contributed by atoms with E-state index in [0.29, 0.717) is 0 Å². The third kappa shape index (κ3) is 5.03. The minimum absolute atomic E-state index is 0.00604. The minimum atomic E-state index is -3.07. The van der Waals surface area contributed by atoms with Gasteiger partial charge in [0.05, 0.1) is 11.9 Å². The van der Waals surface area contributed by atoms with Gasteiger partial charge < -0.3 is 20.4 Å². The number of hydrogen-bond donors (Lipinski definition) is 3. The summed E-state index contributed by atoms with van der Waals surface area (Å²) in [4.78, 5) is 23.7. The molecule has 0 spiro atoms. The number of aliphatic hydroxyl groups excluding tert-OH is 1. The first kappa shape index (κ1) is 15.7. The number of carboxylic acids is 1. The van der Waals surface area contributed by atoms with Crippen molar-refractivity contribution in [3.8, 4) is 0 Å². The zero-order valence-electron chi connectivity index (χ0n) is 10.6. The van der Waals surface area contributed by atoms with Gasteiger partial charge in [-0.1, -0.05) is 0 Å². The molecule has 8 nitrogen and oxygen atoms in total. The summed E-state index contributed by atoms with van der Waals surface area (Å²) in [6, 6.07) is -1.64. The standard InChI is InChI=1S/C10H18N2O6S/c1-19(17,18)4-2-3-11-10(16)12-6-7(13)5-8(12)9(14)15/h7-8,13H,2-6H2,1H3,(H,11,16)(H,14,15). The molecule has 2 atom stereocenters. The zero-order valence-corrected chi connectivity index (χ0v) is 11.4. The van der Waals surface area contributed by atoms with Crippen LogP contribution in [0.3, 0.4) is 0 Å². The van der Waals surface area contributed by atoms with Gasteiger partial charge in [-0.05, 0) is 6.42 Å². The summed E-state index contributed by atoms with van der Waals surface area (Å²) in [5.41, 5.74) is 0. The van der Waals surface area contributed by atoms with Gasteiger partial charge in [0.15, 0.2) is 0 Å². The summed E-state index contributed by atoms with van der Waals surface area (Å²) >= 11 is 0. The maximum absolute atomic E-state index is 11.7. The lowest BCUT2D eigenvalue weighted by molar-refractivity contribution is -0.141. The van der Waals surface area contributed by atoms with Crippen molar-refractivity contribution in [2.24, 2.45) is 0 Å². The molecular weight excluding hydrogens is 276 g/mol. The highest BCUT2D eigenvalue weighted by atomic mass is 32.2. The van der Waals surface area contributed by atoms with Crippen LogP contribution in [0.5, 0.6) is 0 Å². The van der Waals surface area contributed by atoms with Crippen LogP contribution in [0.15, 0.2) is 0 Å². The molecule has 1 fully saturated rings. The Kier molecular flexibility index (Phi) is 5.12. The van der Waals surface area contributed by atoms with E-state index in [4.69, 9.17) is 5.11 Å². The molecule has 2 unspecified atom stereocenters. The quantitative estimate of drug-likeness (QED) is 0.539. The van der Waals surface area contributed by atoms with Crippen molar-refractivity contribution in [2.75, 3.05) is 25.1 Å². The van der Waals surface area contributed by atoms with E-state index in [1.165, 1.54) is 0 Å². The lowest BCUT2D eigenvalue weighted by Gasteiger charge is -2.21. The van der Waals surface area contributed by atoms with Crippen LogP contribution in [0, 0.1) is 0 Å². The van der Waals surface area contributed by atoms with E-state index in [0.717, 1.165) is 11.2 Å². The van der Waals surface area contributed by atoms with Gasteiger partial charge in [-0.15, -0.1) is 0 Å². The molecule has 2 amide bonds. The van der Waals surface area contributed by atoms with E-state index in [1.54, 1.807) is 0 Å². The lowest BCUT2D eigenvalue weighted by Crippen LogP contribution is -2.46. The van der Waals surface area contributed by atoms with Gasteiger partial charge in [-0.2, -0.15) is 0 Å². The van der Waals surface area contributed by atoms with Gasteiger partial charge in [0.2, 0.25) is 0 Å². The molecular formula is C10H18N2O6S. The molecule has 3 N–H and O–H groups in total. The first-order valence-electron chi connectivity index (χ1n) is 5.84. The van der Waals surface area contributed by atoms with Crippen LogP contribution in [-0.4, -0.2) is 72.8 Å². The highest BCUT2D eigenvalue weighted by Gasteiger charge is 2.38. The van der Waals surface area contributed by atoms with Gasteiger partial charge in [-0.25, -0.2) is 18.0 Å². The first-order valence-corrected chi connectivity index (χ1v) is 7.90. The predicted molar refractivity (Wildman–Crippen MR) is 66.5 cm³/mol. The Morgan fingerprint density at radius 2 is 2.05 bits per heavy atom. The second-order valence-corrected chi connectivity index (χ2v) is 6.87. The second kappa shape index (κ2) is 6.20. The molecule has 1 heterocycles. The largest absolute Gasteiger partial charge is 0.480 e. The summed E-state index contributed by atoms with van der Waals surface area (Å²) in [6.45, 7) is 0.111. The predicted octanol–water partition coefficient (Wildman–Crippen LogP) is -1.35. The van der Waals surface area contributed by atoms with E-state index >= 15 is 0 Å². The van der Waals surface area contributed by atoms with Crippen LogP contribution >= 0.6 is 0 Å². The van der Waals surface area contributed by atoms with Crippen LogP contribution in [0.4, 0.5) is 4.79 Å². The molecule has 0 saturated carbocycles. The van der Waals surface area contributed by atoms with Crippen LogP contribution in [0.2, 0.25) is 0 Å². The normalized spacial score (nSPS) is 23.4. The van der Waals surface area contributed by atoms with Crippen LogP contribution < -0.4 is 5.32 Å². The molecule has 19 heavy (non-hydrogen) atoms. The molecule has 0 radical (unpaired) electrons. The molecule has 0 aromatic heterocycles. The Morgan fingerprint density at radius 3 is 2.58 bits per heavy atom. The summed E-state index contributed by atoms with van der Waals surface area (Å²) in [5.74, 6) is -1.21. The number of aliphatic carboxylic acids is 1. The van der Waals surface area contributed by atoms with Crippen molar-refractivity contribution in [3.63, 3.8) is 0 Å². The van der Waals surface area contributed by atoms with Crippen LogP contribution in [0.25, 0.3) is 0 Å². The molecule has 9 heteroatoms. The van der Waals surface area contributed by atoms with Gasteiger partial charge in [0, 0.05) is 25.8 Å². The number of sulfone groups is 1. The Labute approximate surface area is 111 Å². The van der Waals surface area contributed by atoms with Crippen molar-refractivity contribution >= 4 is 21.8 Å². The summed E-state index contributed by atoms with van der Waals surface area (Å²) in [7, 11) is -3.07. The topological polar surface area (TPSA) is 124 Å². The number of amides is 2. The highest BCUT2D eigenvalue weighted by Crippen LogP contribution is 2.17. The van der Waals surface area contributed by atoms with Crippen molar-refractivity contribution in [1.82, 2.24) is 10.2 Å². The SMILES string of the molecule is CS(=O)(=O)CCCNC(=O)N1CC(O)CC1C(=O)O. The average molecular weight is 294 g/mol. The molecule has 0 aromatic rings. The zero-order chi connectivity index (χ0) is 14.6. The van der Waals surface area contributed by atoms with Crippen molar-refractivity contribution in [1.29, 1.82) is 0 Å². The minimum Gasteiger partial charge on any atom is -0.480 e. The molecule has 1 rings (SSSR count). The van der Waals surface area contributed by atoms with Crippen LogP contribution in [0.1, 0.15) is 12.8 Å². The Bertz CT molecular complexity index is 449. The van der Waals surface area contributed by atoms with Gasteiger partial charge >= 0.3 is 12.0 Å². The Hall–Kier alpha value is -1.35. The molecule has 0 aromatic carbocycles. The number of nitrogens with zero attached hydrogens (tertiary/aromatic N) is 1. The number of hydrogen-bond acceptors (Lipinski definition) is 5. The van der Waals surface area contributed by atoms with E-state index in [1.807, 2.05) is 0 Å². The third-order valence-electron chi connectivity index (χ3n) is 2.79. The van der Waals surface area contributed by atoms with Crippen LogP contribution in [-0.2, 0) is 14.6 Å². The van der Waals surface area contributed by atoms with Gasteiger partial charge in [-0.3, -0.25) is 0 Å². The third-order valence-corrected chi connectivity index (χ3v) is 3.82. The van der Waals surface area contributed by atoms with E-state index in [9.17, 15) is 23.1 Å². The summed E-state index contributed by atoms with van der Waals surface area (Å²) < 4.78 is 21.8. The van der Waals surface area contributed by atoms with E-state index in [2.05, 4.69) is 5.32 Å². The van der Waals surface area contributed by atoms with Crippen molar-refractivity contribution in [3.05, 3.63) is 0 Å². The smallest absolute Gasteiger partial charge is 0.326 e. The first-order chi connectivity index (χ1) is 8.70. The molecule has 1 aliphatic heterocycles. The number of carbonyl (C=O) groups excluding carboxylic acids is 1. The number of aliphatic hydroxyl groups is 1. The monoisotopic (exact) mass is 294 g/mol. The molecule has 1 saturated heterocycles. The highest BCUT2D eigenvalue weighted by molar-refractivity contribution is 7.90. The number of nitrogens with one attached hydrogen (secondary N) is 1. The molecule has 110 valence electrons. The van der Waals surface area contributed by atoms with E-state index < -0.39 is 34.0 Å². The van der Waals surface area contributed by atoms with Gasteiger partial charge in [0.25, 0.3) is 0 Å². The number of likely N-dealkylation sites (tertiary alicyclic amines) is 1. The molecule has 1 aliphatic rings. The number of β-amino-alcohol motifs (C(OH)–C–C–N with tert-alkyl or cyclic N) is 1. The summed E-state index contributed by atoms with van der Waals surface area (Å²) in [6.07, 6.45) is 0.527. The second-order valence-electron chi connectivity index (χ2n) is 4.61. The number of urea groups is 1. The number of carbonyl (C=O) groups is 2. The van der Waals surface area contributed by atoms with Crippen molar-refractivity contribution < 1.29 is 28.2 Å². The fraction of sp³-hybridized carbons (Fsp3) is 0.800. The summed E-state index contributed by atoms with van der Waals surface area (Å²) in [5, 5.41) is 20.7.